The zero-order chi connectivity index (χ0) is 14.5. The first-order chi connectivity index (χ1) is 9.65. The van der Waals surface area contributed by atoms with Gasteiger partial charge in [-0.25, -0.2) is 0 Å². The molecule has 0 bridgehead atoms. The molecule has 1 aliphatic rings. The monoisotopic (exact) mass is 341 g/mol. The van der Waals surface area contributed by atoms with E-state index in [1.165, 1.54) is 0 Å². The third-order valence-corrected chi connectivity index (χ3v) is 3.96. The van der Waals surface area contributed by atoms with Crippen LogP contribution >= 0.6 is 15.9 Å². The molecule has 1 aromatic carbocycles. The molecule has 0 aromatic heterocycles. The number of nitrogens with zero attached hydrogens (tertiary/aromatic N) is 2. The Balaban J connectivity index is 2.27. The summed E-state index contributed by atoms with van der Waals surface area (Å²) < 4.78 is 6.63. The average Bonchev–Trinajstić information content (AvgIpc) is 2.47. The molecule has 6 heteroatoms. The maximum absolute atomic E-state index is 8.94. The van der Waals surface area contributed by atoms with Gasteiger partial charge in [0.25, 0.3) is 0 Å². The quantitative estimate of drug-likeness (QED) is 0.382. The van der Waals surface area contributed by atoms with E-state index in [4.69, 9.17) is 15.7 Å². The van der Waals surface area contributed by atoms with Crippen molar-refractivity contribution in [1.29, 1.82) is 0 Å². The lowest BCUT2D eigenvalue weighted by Crippen LogP contribution is -2.40. The van der Waals surface area contributed by atoms with Gasteiger partial charge in [-0.3, -0.25) is 0 Å². The Morgan fingerprint density at radius 1 is 1.60 bits per heavy atom. The first kappa shape index (κ1) is 15.1. The van der Waals surface area contributed by atoms with E-state index in [0.717, 1.165) is 48.3 Å². The Bertz CT molecular complexity index is 491. The highest BCUT2D eigenvalue weighted by Gasteiger charge is 2.23. The topological polar surface area (TPSA) is 71.1 Å². The van der Waals surface area contributed by atoms with Gasteiger partial charge in [0.15, 0.2) is 5.84 Å². The average molecular weight is 342 g/mol. The fraction of sp³-hybridized carbons (Fsp3) is 0.500. The number of hydrogen-bond acceptors (Lipinski definition) is 4. The zero-order valence-corrected chi connectivity index (χ0v) is 13.1. The minimum atomic E-state index is 0.125. The molecule has 3 N–H and O–H groups in total. The Hall–Kier alpha value is -1.27. The van der Waals surface area contributed by atoms with Crippen LogP contribution in [0.2, 0.25) is 0 Å². The predicted octanol–water partition coefficient (Wildman–Crippen LogP) is 2.55. The summed E-state index contributed by atoms with van der Waals surface area (Å²) in [5, 5.41) is 12.1. The lowest BCUT2D eigenvalue weighted by atomic mass is 10.0. The molecule has 0 saturated carbocycles. The third kappa shape index (κ3) is 3.43. The summed E-state index contributed by atoms with van der Waals surface area (Å²) in [6, 6.07) is 5.83. The van der Waals surface area contributed by atoms with E-state index in [9.17, 15) is 0 Å². The van der Waals surface area contributed by atoms with Crippen LogP contribution in [0.5, 0.6) is 0 Å². The predicted molar refractivity (Wildman–Crippen MR) is 83.5 cm³/mol. The summed E-state index contributed by atoms with van der Waals surface area (Å²) in [7, 11) is 0. The number of oxime groups is 1. The Kier molecular flexibility index (Phi) is 5.25. The number of nitrogens with two attached hydrogens (primary N) is 1. The van der Waals surface area contributed by atoms with Crippen LogP contribution < -0.4 is 10.6 Å². The summed E-state index contributed by atoms with van der Waals surface area (Å²) in [5.74, 6) is 0.125. The van der Waals surface area contributed by atoms with Crippen molar-refractivity contribution in [2.75, 3.05) is 24.6 Å². The van der Waals surface area contributed by atoms with Gasteiger partial charge in [0.1, 0.15) is 0 Å². The van der Waals surface area contributed by atoms with Gasteiger partial charge in [-0.2, -0.15) is 0 Å². The van der Waals surface area contributed by atoms with Gasteiger partial charge in [0.2, 0.25) is 0 Å². The van der Waals surface area contributed by atoms with E-state index in [1.54, 1.807) is 0 Å². The molecule has 1 unspecified atom stereocenters. The van der Waals surface area contributed by atoms with Crippen molar-refractivity contribution < 1.29 is 9.94 Å². The molecule has 1 aromatic rings. The van der Waals surface area contributed by atoms with Crippen molar-refractivity contribution in [3.63, 3.8) is 0 Å². The van der Waals surface area contributed by atoms with Gasteiger partial charge in [-0.05, 0) is 38.0 Å². The van der Waals surface area contributed by atoms with Gasteiger partial charge in [0.05, 0.1) is 6.10 Å². The minimum absolute atomic E-state index is 0.125. The van der Waals surface area contributed by atoms with Crippen LogP contribution in [-0.2, 0) is 4.74 Å². The third-order valence-electron chi connectivity index (χ3n) is 3.46. The van der Waals surface area contributed by atoms with Crippen LogP contribution in [0.25, 0.3) is 0 Å². The second-order valence-electron chi connectivity index (χ2n) is 4.81. The van der Waals surface area contributed by atoms with Crippen molar-refractivity contribution in [3.05, 3.63) is 28.2 Å². The van der Waals surface area contributed by atoms with E-state index in [1.807, 2.05) is 25.1 Å². The Morgan fingerprint density at radius 3 is 3.10 bits per heavy atom. The van der Waals surface area contributed by atoms with Crippen LogP contribution in [0.1, 0.15) is 25.3 Å². The SMILES string of the molecule is CCOC1CCCN(c2ccc(Br)cc2/C(N)=N/O)C1. The van der Waals surface area contributed by atoms with Crippen molar-refractivity contribution in [2.45, 2.75) is 25.9 Å². The van der Waals surface area contributed by atoms with E-state index in [2.05, 4.69) is 26.0 Å². The molecule has 2 rings (SSSR count). The molecule has 1 atom stereocenters. The molecule has 5 nitrogen and oxygen atoms in total. The standard InChI is InChI=1S/C14H20BrN3O2/c1-2-20-11-4-3-7-18(9-11)13-6-5-10(15)8-12(13)14(16)17-19/h5-6,8,11,19H,2-4,7,9H2,1H3,(H2,16,17). The van der Waals surface area contributed by atoms with Gasteiger partial charge < -0.3 is 20.6 Å². The fourth-order valence-corrected chi connectivity index (χ4v) is 2.93. The van der Waals surface area contributed by atoms with Crippen LogP contribution in [-0.4, -0.2) is 36.8 Å². The number of anilines is 1. The van der Waals surface area contributed by atoms with Gasteiger partial charge in [0, 0.05) is 35.4 Å². The van der Waals surface area contributed by atoms with Crippen LogP contribution in [0.4, 0.5) is 5.69 Å². The number of rotatable bonds is 4. The van der Waals surface area contributed by atoms with E-state index in [-0.39, 0.29) is 11.9 Å². The number of amidine groups is 1. The van der Waals surface area contributed by atoms with Gasteiger partial charge in [-0.1, -0.05) is 21.1 Å². The second kappa shape index (κ2) is 6.95. The largest absolute Gasteiger partial charge is 0.409 e. The van der Waals surface area contributed by atoms with Gasteiger partial charge in [-0.15, -0.1) is 0 Å². The number of piperidine rings is 1. The molecule has 1 heterocycles. The molecule has 1 aliphatic heterocycles. The molecule has 0 amide bonds. The smallest absolute Gasteiger partial charge is 0.172 e. The highest BCUT2D eigenvalue weighted by molar-refractivity contribution is 9.10. The second-order valence-corrected chi connectivity index (χ2v) is 5.73. The Labute approximate surface area is 127 Å². The lowest BCUT2D eigenvalue weighted by Gasteiger charge is -2.35. The summed E-state index contributed by atoms with van der Waals surface area (Å²) in [6.07, 6.45) is 2.41. The molecule has 1 saturated heterocycles. The maximum Gasteiger partial charge on any atom is 0.172 e. The molecule has 0 radical (unpaired) electrons. The van der Waals surface area contributed by atoms with Crippen LogP contribution in [0.3, 0.4) is 0 Å². The molecule has 0 spiro atoms. The zero-order valence-electron chi connectivity index (χ0n) is 11.6. The maximum atomic E-state index is 8.94. The number of benzene rings is 1. The van der Waals surface area contributed by atoms with E-state index in [0.29, 0.717) is 0 Å². The van der Waals surface area contributed by atoms with E-state index < -0.39 is 0 Å². The lowest BCUT2D eigenvalue weighted by molar-refractivity contribution is 0.0526. The first-order valence-electron chi connectivity index (χ1n) is 6.79. The summed E-state index contributed by atoms with van der Waals surface area (Å²) in [5.41, 5.74) is 7.50. The van der Waals surface area contributed by atoms with Crippen molar-refractivity contribution >= 4 is 27.5 Å². The molecule has 110 valence electrons. The first-order valence-corrected chi connectivity index (χ1v) is 7.59. The molecule has 1 fully saturated rings. The highest BCUT2D eigenvalue weighted by Crippen LogP contribution is 2.27. The number of hydrogen-bond donors (Lipinski definition) is 2. The summed E-state index contributed by atoms with van der Waals surface area (Å²) in [4.78, 5) is 2.24. The normalized spacial score (nSPS) is 20.2. The fourth-order valence-electron chi connectivity index (χ4n) is 2.57. The molecular formula is C14H20BrN3O2. The summed E-state index contributed by atoms with van der Waals surface area (Å²) in [6.45, 7) is 4.53. The van der Waals surface area contributed by atoms with E-state index >= 15 is 0 Å². The van der Waals surface area contributed by atoms with Gasteiger partial charge >= 0.3 is 0 Å². The van der Waals surface area contributed by atoms with Crippen molar-refractivity contribution in [3.8, 4) is 0 Å². The van der Waals surface area contributed by atoms with Crippen LogP contribution in [0, 0.1) is 0 Å². The van der Waals surface area contributed by atoms with Crippen molar-refractivity contribution in [1.82, 2.24) is 0 Å². The number of halogens is 1. The number of ether oxygens (including phenoxy) is 1. The van der Waals surface area contributed by atoms with Crippen molar-refractivity contribution in [2.24, 2.45) is 10.9 Å². The molecule has 0 aliphatic carbocycles. The molecular weight excluding hydrogens is 322 g/mol. The Morgan fingerprint density at radius 2 is 2.40 bits per heavy atom. The highest BCUT2D eigenvalue weighted by atomic mass is 79.9. The molecule has 20 heavy (non-hydrogen) atoms. The minimum Gasteiger partial charge on any atom is -0.409 e. The van der Waals surface area contributed by atoms with Crippen LogP contribution in [0.15, 0.2) is 27.8 Å². The summed E-state index contributed by atoms with van der Waals surface area (Å²) >= 11 is 3.42.